The molecule has 0 aromatic carbocycles. The van der Waals surface area contributed by atoms with Crippen molar-refractivity contribution in [2.75, 3.05) is 6.67 Å². The monoisotopic (exact) mass is 474 g/mol. The van der Waals surface area contributed by atoms with Crippen LogP contribution in [0.5, 0.6) is 0 Å². The molecule has 11 heteroatoms. The molecule has 0 aliphatic carbocycles. The lowest BCUT2D eigenvalue weighted by Gasteiger charge is -2.29. The van der Waals surface area contributed by atoms with Gasteiger partial charge in [-0.15, -0.1) is 0 Å². The number of amides is 3. The predicted molar refractivity (Wildman–Crippen MR) is 121 cm³/mol. The fraction of sp³-hybridized carbons (Fsp3) is 0.435. The number of carboxylic acid groups (broad SMARTS) is 1. The predicted octanol–water partition coefficient (Wildman–Crippen LogP) is 2.67. The molecule has 4 N–H and O–H groups in total. The second-order valence-corrected chi connectivity index (χ2v) is 7.72. The Balaban J connectivity index is 1.98. The van der Waals surface area contributed by atoms with Crippen molar-refractivity contribution in [2.45, 2.75) is 52.0 Å². The van der Waals surface area contributed by atoms with Gasteiger partial charge in [-0.1, -0.05) is 33.1 Å². The first kappa shape index (κ1) is 26.5. The van der Waals surface area contributed by atoms with Crippen molar-refractivity contribution in [2.24, 2.45) is 5.92 Å². The number of carboxylic acids is 1. The number of nitrogens with zero attached hydrogens (tertiary/aromatic N) is 2. The Morgan fingerprint density at radius 2 is 1.94 bits per heavy atom. The maximum atomic E-state index is 12.8. The van der Waals surface area contributed by atoms with Crippen LogP contribution >= 0.6 is 0 Å². The van der Waals surface area contributed by atoms with Gasteiger partial charge in [-0.05, 0) is 31.0 Å². The number of hydrogen-bond acceptors (Lipinski definition) is 7. The zero-order valence-corrected chi connectivity index (χ0v) is 19.2. The molecule has 2 heterocycles. The first-order valence-electron chi connectivity index (χ1n) is 11.1. The van der Waals surface area contributed by atoms with Crippen LogP contribution in [0.15, 0.2) is 35.0 Å². The molecule has 2 rings (SSSR count). The number of carbonyl (C=O) groups excluding carboxylic acids is 3. The van der Waals surface area contributed by atoms with Crippen LogP contribution in [0.4, 0.5) is 0 Å². The number of pyridine rings is 1. The van der Waals surface area contributed by atoms with Crippen molar-refractivity contribution in [3.05, 3.63) is 41.9 Å². The van der Waals surface area contributed by atoms with Crippen molar-refractivity contribution in [3.63, 3.8) is 0 Å². The summed E-state index contributed by atoms with van der Waals surface area (Å²) in [6, 6.07) is 3.64. The van der Waals surface area contributed by atoms with Gasteiger partial charge in [0, 0.05) is 18.0 Å². The first-order valence-corrected chi connectivity index (χ1v) is 11.1. The summed E-state index contributed by atoms with van der Waals surface area (Å²) in [6.07, 6.45) is 6.41. The van der Waals surface area contributed by atoms with E-state index in [1.807, 2.05) is 6.92 Å². The van der Waals surface area contributed by atoms with Gasteiger partial charge in [0.1, 0.15) is 5.76 Å². The van der Waals surface area contributed by atoms with Crippen LogP contribution in [-0.2, 0) is 9.59 Å². The summed E-state index contributed by atoms with van der Waals surface area (Å²) in [5.41, 5.74) is 0.383. The molecule has 0 bridgehead atoms. The van der Waals surface area contributed by atoms with E-state index in [9.17, 15) is 24.4 Å². The van der Waals surface area contributed by atoms with Crippen LogP contribution in [0, 0.1) is 5.92 Å². The van der Waals surface area contributed by atoms with Crippen molar-refractivity contribution in [1.82, 2.24) is 20.7 Å². The van der Waals surface area contributed by atoms with Crippen molar-refractivity contribution < 1.29 is 33.9 Å². The summed E-state index contributed by atoms with van der Waals surface area (Å²) >= 11 is 0. The molecule has 0 aliphatic rings. The lowest BCUT2D eigenvalue weighted by Crippen LogP contribution is -2.47. The van der Waals surface area contributed by atoms with E-state index in [4.69, 9.17) is 9.52 Å². The number of hydroxylamine groups is 2. The molecular weight excluding hydrogens is 444 g/mol. The molecule has 184 valence electrons. The Bertz CT molecular complexity index is 991. The molecule has 2 aromatic heterocycles. The second-order valence-electron chi connectivity index (χ2n) is 7.72. The topological polar surface area (TPSA) is 162 Å². The van der Waals surface area contributed by atoms with E-state index in [-0.39, 0.29) is 36.1 Å². The summed E-state index contributed by atoms with van der Waals surface area (Å²) in [4.78, 5) is 51.2. The van der Waals surface area contributed by atoms with Crippen LogP contribution in [0.2, 0.25) is 0 Å². The number of nitrogens with one attached hydrogen (secondary N) is 2. The Morgan fingerprint density at radius 3 is 2.59 bits per heavy atom. The van der Waals surface area contributed by atoms with E-state index in [2.05, 4.69) is 15.6 Å². The lowest BCUT2D eigenvalue weighted by molar-refractivity contribution is -0.168. The summed E-state index contributed by atoms with van der Waals surface area (Å²) in [5.74, 6) is -2.50. The highest BCUT2D eigenvalue weighted by atomic mass is 16.5. The Morgan fingerprint density at radius 1 is 1.18 bits per heavy atom. The van der Waals surface area contributed by atoms with Gasteiger partial charge in [-0.25, -0.2) is 9.86 Å². The van der Waals surface area contributed by atoms with Crippen molar-refractivity contribution in [3.8, 4) is 11.3 Å². The fourth-order valence-corrected chi connectivity index (χ4v) is 3.58. The largest absolute Gasteiger partial charge is 0.478 e. The van der Waals surface area contributed by atoms with Crippen molar-refractivity contribution >= 4 is 24.2 Å². The third kappa shape index (κ3) is 7.14. The third-order valence-corrected chi connectivity index (χ3v) is 5.40. The highest BCUT2D eigenvalue weighted by Gasteiger charge is 2.30. The van der Waals surface area contributed by atoms with E-state index in [0.29, 0.717) is 23.5 Å². The molecule has 0 spiro atoms. The quantitative estimate of drug-likeness (QED) is 0.107. The summed E-state index contributed by atoms with van der Waals surface area (Å²) in [5, 5.41) is 24.6. The highest BCUT2D eigenvalue weighted by Crippen LogP contribution is 2.23. The van der Waals surface area contributed by atoms with Crippen LogP contribution in [0.1, 0.15) is 66.9 Å². The Hall–Kier alpha value is -3.73. The molecule has 2 atom stereocenters. The fourth-order valence-electron chi connectivity index (χ4n) is 3.58. The van der Waals surface area contributed by atoms with Gasteiger partial charge in [-0.3, -0.25) is 24.6 Å². The van der Waals surface area contributed by atoms with Gasteiger partial charge >= 0.3 is 5.97 Å². The molecular formula is C23H30N4O7. The van der Waals surface area contributed by atoms with Gasteiger partial charge in [0.25, 0.3) is 5.91 Å². The number of carbonyl (C=O) groups is 4. The minimum absolute atomic E-state index is 0.0162. The van der Waals surface area contributed by atoms with Gasteiger partial charge in [0.05, 0.1) is 24.2 Å². The number of aromatic carboxylic acids is 1. The van der Waals surface area contributed by atoms with Crippen LogP contribution in [0.3, 0.4) is 0 Å². The molecule has 0 fully saturated rings. The van der Waals surface area contributed by atoms with Gasteiger partial charge in [-0.2, -0.15) is 0 Å². The van der Waals surface area contributed by atoms with E-state index in [1.165, 1.54) is 30.6 Å². The Kier molecular flexibility index (Phi) is 10.2. The molecule has 0 radical (unpaired) electrons. The van der Waals surface area contributed by atoms with E-state index < -0.39 is 23.8 Å². The number of rotatable bonds is 14. The standard InChI is InChI=1S/C23H30N4O7/c1-3-5-6-7-17(18(4-2)27(33)14-28)21(29)25-13-26-22(30)20-9-8-19(34-20)15-10-16(23(31)32)12-24-11-15/h8-12,14,17-18,33H,3-7,13H2,1-2H3,(H,25,29)(H,26,30)(H,31,32)/t17?,18-/m1/s1. The van der Waals surface area contributed by atoms with Gasteiger partial charge < -0.3 is 20.2 Å². The zero-order valence-electron chi connectivity index (χ0n) is 19.2. The number of unbranched alkanes of at least 4 members (excludes halogenated alkanes) is 2. The van der Waals surface area contributed by atoms with E-state index >= 15 is 0 Å². The van der Waals surface area contributed by atoms with Crippen LogP contribution in [0.25, 0.3) is 11.3 Å². The molecule has 0 saturated heterocycles. The molecule has 3 amide bonds. The number of hydrogen-bond donors (Lipinski definition) is 4. The minimum atomic E-state index is -1.13. The molecule has 11 nitrogen and oxygen atoms in total. The maximum absolute atomic E-state index is 12.8. The first-order chi connectivity index (χ1) is 16.3. The SMILES string of the molecule is CCCCCC(C(=O)NCNC(=O)c1ccc(-c2cncc(C(=O)O)c2)o1)[C@@H](CC)N(O)C=O. The lowest BCUT2D eigenvalue weighted by atomic mass is 9.90. The normalized spacial score (nSPS) is 12.4. The molecule has 0 saturated carbocycles. The summed E-state index contributed by atoms with van der Waals surface area (Å²) in [7, 11) is 0. The van der Waals surface area contributed by atoms with Crippen molar-refractivity contribution in [1.29, 1.82) is 0 Å². The Labute approximate surface area is 197 Å². The van der Waals surface area contributed by atoms with E-state index in [1.54, 1.807) is 6.92 Å². The molecule has 2 aromatic rings. The number of aromatic nitrogens is 1. The molecule has 0 aliphatic heterocycles. The summed E-state index contributed by atoms with van der Waals surface area (Å²) < 4.78 is 5.50. The second kappa shape index (κ2) is 13.1. The maximum Gasteiger partial charge on any atom is 0.337 e. The smallest absolute Gasteiger partial charge is 0.337 e. The average molecular weight is 475 g/mol. The average Bonchev–Trinajstić information content (AvgIpc) is 3.34. The van der Waals surface area contributed by atoms with Gasteiger partial charge in [0.2, 0.25) is 12.3 Å². The highest BCUT2D eigenvalue weighted by molar-refractivity contribution is 5.92. The third-order valence-electron chi connectivity index (χ3n) is 5.40. The van der Waals surface area contributed by atoms with E-state index in [0.717, 1.165) is 19.3 Å². The van der Waals surface area contributed by atoms with Crippen LogP contribution in [-0.4, -0.2) is 57.3 Å². The zero-order chi connectivity index (χ0) is 25.1. The van der Waals surface area contributed by atoms with Crippen LogP contribution < -0.4 is 10.6 Å². The molecule has 1 unspecified atom stereocenters. The minimum Gasteiger partial charge on any atom is -0.478 e. The summed E-state index contributed by atoms with van der Waals surface area (Å²) in [6.45, 7) is 3.62. The van der Waals surface area contributed by atoms with Gasteiger partial charge in [0.15, 0.2) is 5.76 Å². The molecule has 34 heavy (non-hydrogen) atoms. The number of furan rings is 1.